The molecular weight excluding hydrogens is 249 g/mol. The molecule has 1 fully saturated rings. The van der Waals surface area contributed by atoms with E-state index >= 15 is 0 Å². The highest BCUT2D eigenvalue weighted by molar-refractivity contribution is 9.10. The first-order valence-electron chi connectivity index (χ1n) is 4.51. The molecule has 1 aromatic carbocycles. The van der Waals surface area contributed by atoms with E-state index in [-0.39, 0.29) is 5.82 Å². The lowest BCUT2D eigenvalue weighted by Crippen LogP contribution is -2.45. The maximum atomic E-state index is 13.3. The van der Waals surface area contributed by atoms with Gasteiger partial charge in [-0.15, -0.1) is 0 Å². The van der Waals surface area contributed by atoms with Crippen molar-refractivity contribution in [3.05, 3.63) is 34.1 Å². The molecule has 0 unspecified atom stereocenters. The summed E-state index contributed by atoms with van der Waals surface area (Å²) in [7, 11) is 0. The van der Waals surface area contributed by atoms with Gasteiger partial charge >= 0.3 is 0 Å². The number of rotatable bonds is 3. The molecule has 1 aromatic rings. The summed E-state index contributed by atoms with van der Waals surface area (Å²) in [5.41, 5.74) is 0.695. The fourth-order valence-corrected chi connectivity index (χ4v) is 1.61. The number of hydrogen-bond acceptors (Lipinski definition) is 2. The minimum absolute atomic E-state index is 0.174. The van der Waals surface area contributed by atoms with Crippen LogP contribution >= 0.6 is 15.9 Å². The summed E-state index contributed by atoms with van der Waals surface area (Å²) < 4.78 is 19.1. The molecule has 0 atom stereocenters. The number of hydrogen-bond donors (Lipinski definition) is 1. The number of ether oxygens (including phenoxy) is 1. The second-order valence-electron chi connectivity index (χ2n) is 3.35. The third-order valence-electron chi connectivity index (χ3n) is 2.23. The lowest BCUT2D eigenvalue weighted by molar-refractivity contribution is -0.00588. The molecule has 1 N–H and O–H groups in total. The van der Waals surface area contributed by atoms with E-state index in [2.05, 4.69) is 21.2 Å². The first-order valence-corrected chi connectivity index (χ1v) is 5.30. The monoisotopic (exact) mass is 259 g/mol. The van der Waals surface area contributed by atoms with Crippen LogP contribution in [0.25, 0.3) is 0 Å². The molecule has 1 aliphatic rings. The van der Waals surface area contributed by atoms with Crippen molar-refractivity contribution in [3.63, 3.8) is 0 Å². The van der Waals surface area contributed by atoms with Crippen molar-refractivity contribution in [1.29, 1.82) is 0 Å². The Balaban J connectivity index is 1.94. The molecule has 4 heteroatoms. The first kappa shape index (κ1) is 10.1. The zero-order valence-electron chi connectivity index (χ0n) is 7.59. The molecule has 0 spiro atoms. The summed E-state index contributed by atoms with van der Waals surface area (Å²) in [6.45, 7) is 2.03. The molecule has 14 heavy (non-hydrogen) atoms. The Kier molecular flexibility index (Phi) is 3.15. The van der Waals surface area contributed by atoms with Crippen LogP contribution in [-0.2, 0) is 11.3 Å². The SMILES string of the molecule is Fc1cc(Br)ccc1CNC1COC1. The highest BCUT2D eigenvalue weighted by Crippen LogP contribution is 2.15. The van der Waals surface area contributed by atoms with Gasteiger partial charge in [-0.25, -0.2) is 4.39 Å². The van der Waals surface area contributed by atoms with Gasteiger partial charge in [0.15, 0.2) is 0 Å². The molecule has 2 nitrogen and oxygen atoms in total. The molecule has 76 valence electrons. The van der Waals surface area contributed by atoms with Crippen LogP contribution in [-0.4, -0.2) is 19.3 Å². The van der Waals surface area contributed by atoms with Crippen LogP contribution in [0.5, 0.6) is 0 Å². The number of benzene rings is 1. The fraction of sp³-hybridized carbons (Fsp3) is 0.400. The Labute approximate surface area is 90.6 Å². The van der Waals surface area contributed by atoms with Crippen LogP contribution in [0.3, 0.4) is 0 Å². The van der Waals surface area contributed by atoms with Crippen LogP contribution in [0, 0.1) is 5.82 Å². The van der Waals surface area contributed by atoms with Crippen LogP contribution in [0.2, 0.25) is 0 Å². The third kappa shape index (κ3) is 2.32. The standard InChI is InChI=1S/C10H11BrFNO/c11-8-2-1-7(10(12)3-8)4-13-9-5-14-6-9/h1-3,9,13H,4-6H2. The molecule has 1 saturated heterocycles. The maximum Gasteiger partial charge on any atom is 0.128 e. The Morgan fingerprint density at radius 3 is 2.86 bits per heavy atom. The molecule has 0 radical (unpaired) electrons. The average Bonchev–Trinajstić information content (AvgIpc) is 2.05. The Morgan fingerprint density at radius 1 is 1.50 bits per heavy atom. The lowest BCUT2D eigenvalue weighted by atomic mass is 10.2. The molecule has 1 aliphatic heterocycles. The molecular formula is C10H11BrFNO. The van der Waals surface area contributed by atoms with E-state index in [1.54, 1.807) is 6.07 Å². The van der Waals surface area contributed by atoms with Gasteiger partial charge in [-0.05, 0) is 12.1 Å². The number of nitrogens with one attached hydrogen (secondary N) is 1. The van der Waals surface area contributed by atoms with Crippen molar-refractivity contribution in [3.8, 4) is 0 Å². The summed E-state index contributed by atoms with van der Waals surface area (Å²) in [6.07, 6.45) is 0. The van der Waals surface area contributed by atoms with Gasteiger partial charge < -0.3 is 10.1 Å². The van der Waals surface area contributed by atoms with Gasteiger partial charge in [0.1, 0.15) is 5.82 Å². The van der Waals surface area contributed by atoms with E-state index in [1.165, 1.54) is 6.07 Å². The van der Waals surface area contributed by atoms with Crippen molar-refractivity contribution in [1.82, 2.24) is 5.32 Å². The summed E-state index contributed by atoms with van der Waals surface area (Å²) in [5.74, 6) is -0.174. The molecule has 1 heterocycles. The van der Waals surface area contributed by atoms with Gasteiger partial charge in [-0.2, -0.15) is 0 Å². The van der Waals surface area contributed by atoms with E-state index < -0.39 is 0 Å². The molecule has 0 aromatic heterocycles. The Hall–Kier alpha value is -0.450. The second kappa shape index (κ2) is 4.38. The van der Waals surface area contributed by atoms with Crippen molar-refractivity contribution in [2.45, 2.75) is 12.6 Å². The zero-order valence-corrected chi connectivity index (χ0v) is 9.18. The van der Waals surface area contributed by atoms with Gasteiger partial charge in [0.2, 0.25) is 0 Å². The third-order valence-corrected chi connectivity index (χ3v) is 2.73. The highest BCUT2D eigenvalue weighted by Gasteiger charge is 2.17. The highest BCUT2D eigenvalue weighted by atomic mass is 79.9. The van der Waals surface area contributed by atoms with E-state index in [0.717, 1.165) is 17.7 Å². The summed E-state index contributed by atoms with van der Waals surface area (Å²) in [5, 5.41) is 3.22. The summed E-state index contributed by atoms with van der Waals surface area (Å²) in [4.78, 5) is 0. The molecule has 0 saturated carbocycles. The topological polar surface area (TPSA) is 21.3 Å². The van der Waals surface area contributed by atoms with Gasteiger partial charge in [0.05, 0.1) is 19.3 Å². The Morgan fingerprint density at radius 2 is 2.29 bits per heavy atom. The van der Waals surface area contributed by atoms with Crippen molar-refractivity contribution in [2.24, 2.45) is 0 Å². The lowest BCUT2D eigenvalue weighted by Gasteiger charge is -2.27. The summed E-state index contributed by atoms with van der Waals surface area (Å²) in [6, 6.07) is 5.50. The van der Waals surface area contributed by atoms with E-state index in [0.29, 0.717) is 18.2 Å². The predicted octanol–water partition coefficient (Wildman–Crippen LogP) is 2.08. The van der Waals surface area contributed by atoms with Crippen LogP contribution < -0.4 is 5.32 Å². The van der Waals surface area contributed by atoms with Gasteiger partial charge in [-0.3, -0.25) is 0 Å². The maximum absolute atomic E-state index is 13.3. The normalized spacial score (nSPS) is 16.7. The quantitative estimate of drug-likeness (QED) is 0.898. The van der Waals surface area contributed by atoms with E-state index in [4.69, 9.17) is 4.74 Å². The molecule has 0 amide bonds. The zero-order chi connectivity index (χ0) is 9.97. The largest absolute Gasteiger partial charge is 0.378 e. The smallest absolute Gasteiger partial charge is 0.128 e. The minimum atomic E-state index is -0.174. The van der Waals surface area contributed by atoms with Crippen LogP contribution in [0.15, 0.2) is 22.7 Å². The first-order chi connectivity index (χ1) is 6.75. The average molecular weight is 260 g/mol. The number of halogens is 2. The second-order valence-corrected chi connectivity index (χ2v) is 4.27. The van der Waals surface area contributed by atoms with E-state index in [1.807, 2.05) is 6.07 Å². The molecule has 0 bridgehead atoms. The Bertz CT molecular complexity index is 328. The fourth-order valence-electron chi connectivity index (χ4n) is 1.27. The van der Waals surface area contributed by atoms with Gasteiger partial charge in [0, 0.05) is 16.6 Å². The predicted molar refractivity (Wildman–Crippen MR) is 55.5 cm³/mol. The van der Waals surface area contributed by atoms with Gasteiger partial charge in [0.25, 0.3) is 0 Å². The molecule has 2 rings (SSSR count). The van der Waals surface area contributed by atoms with E-state index in [9.17, 15) is 4.39 Å². The van der Waals surface area contributed by atoms with Crippen molar-refractivity contribution >= 4 is 15.9 Å². The molecule has 0 aliphatic carbocycles. The van der Waals surface area contributed by atoms with Crippen molar-refractivity contribution in [2.75, 3.05) is 13.2 Å². The van der Waals surface area contributed by atoms with Crippen LogP contribution in [0.1, 0.15) is 5.56 Å². The van der Waals surface area contributed by atoms with Gasteiger partial charge in [-0.1, -0.05) is 22.0 Å². The summed E-state index contributed by atoms with van der Waals surface area (Å²) >= 11 is 3.22. The van der Waals surface area contributed by atoms with Crippen LogP contribution in [0.4, 0.5) is 4.39 Å². The van der Waals surface area contributed by atoms with Crippen molar-refractivity contribution < 1.29 is 9.13 Å². The minimum Gasteiger partial charge on any atom is -0.378 e.